The third-order valence-electron chi connectivity index (χ3n) is 4.85. The molecule has 3 rings (SSSR count). The fourth-order valence-electron chi connectivity index (χ4n) is 2.93. The average molecular weight is 505 g/mol. The molecule has 0 aliphatic rings. The molecular weight excluding hydrogens is 484 g/mol. The van der Waals surface area contributed by atoms with Crippen LogP contribution in [0, 0.1) is 0 Å². The van der Waals surface area contributed by atoms with E-state index < -0.39 is 21.9 Å². The molecular formula is C23H21ClN2O5S2. The predicted molar refractivity (Wildman–Crippen MR) is 131 cm³/mol. The molecule has 3 aromatic carbocycles. The van der Waals surface area contributed by atoms with Gasteiger partial charge < -0.3 is 10.1 Å². The number of carbonyl (C=O) groups is 2. The highest BCUT2D eigenvalue weighted by atomic mass is 35.5. The zero-order valence-electron chi connectivity index (χ0n) is 18.0. The van der Waals surface area contributed by atoms with Gasteiger partial charge in [0.25, 0.3) is 15.9 Å². The molecule has 0 spiro atoms. The van der Waals surface area contributed by atoms with E-state index in [4.69, 9.17) is 11.6 Å². The first-order valence-electron chi connectivity index (χ1n) is 9.59. The first-order valence-corrected chi connectivity index (χ1v) is 12.6. The Labute approximate surface area is 201 Å². The van der Waals surface area contributed by atoms with Crippen LogP contribution < -0.4 is 9.62 Å². The number of hydrogen-bond donors (Lipinski definition) is 1. The lowest BCUT2D eigenvalue weighted by Crippen LogP contribution is -2.26. The third kappa shape index (κ3) is 5.50. The van der Waals surface area contributed by atoms with E-state index in [0.29, 0.717) is 5.69 Å². The number of ether oxygens (including phenoxy) is 1. The Hall–Kier alpha value is -3.01. The van der Waals surface area contributed by atoms with Gasteiger partial charge >= 0.3 is 5.97 Å². The van der Waals surface area contributed by atoms with E-state index in [1.807, 2.05) is 6.26 Å². The highest BCUT2D eigenvalue weighted by Gasteiger charge is 2.21. The number of nitrogens with zero attached hydrogens (tertiary/aromatic N) is 1. The van der Waals surface area contributed by atoms with Crippen LogP contribution >= 0.6 is 23.4 Å². The predicted octanol–water partition coefficient (Wildman–Crippen LogP) is 4.93. The molecule has 0 fully saturated rings. The number of carbonyl (C=O) groups excluding carboxylic acids is 2. The molecule has 33 heavy (non-hydrogen) atoms. The monoisotopic (exact) mass is 504 g/mol. The van der Waals surface area contributed by atoms with Crippen molar-refractivity contribution in [3.05, 3.63) is 82.9 Å². The summed E-state index contributed by atoms with van der Waals surface area (Å²) >= 11 is 7.65. The molecule has 0 aliphatic heterocycles. The highest BCUT2D eigenvalue weighted by molar-refractivity contribution is 7.98. The second-order valence-electron chi connectivity index (χ2n) is 6.84. The van der Waals surface area contributed by atoms with Gasteiger partial charge in [-0.2, -0.15) is 0 Å². The number of nitrogens with one attached hydrogen (secondary N) is 1. The quantitative estimate of drug-likeness (QED) is 0.362. The summed E-state index contributed by atoms with van der Waals surface area (Å²) in [5.41, 5.74) is 1.17. The number of methoxy groups -OCH3 is 1. The van der Waals surface area contributed by atoms with Crippen LogP contribution in [0.15, 0.2) is 76.5 Å². The molecule has 10 heteroatoms. The first-order chi connectivity index (χ1) is 15.7. The van der Waals surface area contributed by atoms with E-state index in [0.717, 1.165) is 9.20 Å². The van der Waals surface area contributed by atoms with E-state index >= 15 is 0 Å². The highest BCUT2D eigenvalue weighted by Crippen LogP contribution is 2.26. The average Bonchev–Trinajstić information content (AvgIpc) is 2.84. The van der Waals surface area contributed by atoms with Crippen molar-refractivity contribution < 1.29 is 22.7 Å². The summed E-state index contributed by atoms with van der Waals surface area (Å²) in [6.45, 7) is 0. The van der Waals surface area contributed by atoms with Gasteiger partial charge in [-0.25, -0.2) is 13.2 Å². The Morgan fingerprint density at radius 3 is 2.15 bits per heavy atom. The molecule has 1 N–H and O–H groups in total. The smallest absolute Gasteiger partial charge is 0.337 e. The second kappa shape index (κ2) is 10.3. The summed E-state index contributed by atoms with van der Waals surface area (Å²) in [6, 6.07) is 17.1. The number of hydrogen-bond acceptors (Lipinski definition) is 6. The van der Waals surface area contributed by atoms with Crippen LogP contribution in [0.25, 0.3) is 0 Å². The molecule has 0 unspecified atom stereocenters. The van der Waals surface area contributed by atoms with E-state index in [-0.39, 0.29) is 26.7 Å². The number of anilines is 2. The molecule has 0 aliphatic carbocycles. The van der Waals surface area contributed by atoms with E-state index in [9.17, 15) is 18.0 Å². The van der Waals surface area contributed by atoms with Crippen LogP contribution in [0.4, 0.5) is 11.4 Å². The number of rotatable bonds is 7. The normalized spacial score (nSPS) is 11.0. The minimum absolute atomic E-state index is 0.171. The zero-order chi connectivity index (χ0) is 24.2. The van der Waals surface area contributed by atoms with Gasteiger partial charge in [0.1, 0.15) is 0 Å². The molecule has 0 bridgehead atoms. The van der Waals surface area contributed by atoms with Gasteiger partial charge in [0.05, 0.1) is 34.0 Å². The number of esters is 1. The fraction of sp³-hybridized carbons (Fsp3) is 0.130. The van der Waals surface area contributed by atoms with Gasteiger partial charge in [-0.1, -0.05) is 11.6 Å². The van der Waals surface area contributed by atoms with Crippen molar-refractivity contribution in [2.45, 2.75) is 9.79 Å². The van der Waals surface area contributed by atoms with Gasteiger partial charge in [0.2, 0.25) is 0 Å². The summed E-state index contributed by atoms with van der Waals surface area (Å²) < 4.78 is 31.7. The zero-order valence-corrected chi connectivity index (χ0v) is 20.4. The van der Waals surface area contributed by atoms with E-state index in [1.165, 1.54) is 68.4 Å². The summed E-state index contributed by atoms with van der Waals surface area (Å²) in [4.78, 5) is 25.5. The lowest BCUT2D eigenvalue weighted by atomic mass is 10.1. The second-order valence-corrected chi connectivity index (χ2v) is 10.1. The van der Waals surface area contributed by atoms with Gasteiger partial charge in [-0.05, 0) is 73.0 Å². The summed E-state index contributed by atoms with van der Waals surface area (Å²) in [7, 11) is -1.05. The van der Waals surface area contributed by atoms with E-state index in [1.54, 1.807) is 24.3 Å². The number of sulfonamides is 1. The van der Waals surface area contributed by atoms with Crippen molar-refractivity contribution in [2.75, 3.05) is 30.0 Å². The van der Waals surface area contributed by atoms with Gasteiger partial charge in [0.15, 0.2) is 0 Å². The SMILES string of the molecule is COC(=O)c1ccc(Cl)c(NC(=O)c2ccc(N(C)S(=O)(=O)c3ccc(SC)cc3)cc2)c1. The van der Waals surface area contributed by atoms with Crippen molar-refractivity contribution >= 4 is 56.6 Å². The Balaban J connectivity index is 1.78. The molecule has 0 saturated heterocycles. The molecule has 0 radical (unpaired) electrons. The van der Waals surface area contributed by atoms with Crippen molar-refractivity contribution in [1.29, 1.82) is 0 Å². The Morgan fingerprint density at radius 1 is 0.970 bits per heavy atom. The minimum atomic E-state index is -3.76. The first kappa shape index (κ1) is 24.6. The van der Waals surface area contributed by atoms with Crippen LogP contribution in [0.5, 0.6) is 0 Å². The Morgan fingerprint density at radius 2 is 1.58 bits per heavy atom. The molecule has 0 aromatic heterocycles. The maximum absolute atomic E-state index is 12.9. The minimum Gasteiger partial charge on any atom is -0.465 e. The third-order valence-corrected chi connectivity index (χ3v) is 7.72. The lowest BCUT2D eigenvalue weighted by molar-refractivity contribution is 0.0600. The topological polar surface area (TPSA) is 92.8 Å². The summed E-state index contributed by atoms with van der Waals surface area (Å²) in [5, 5.41) is 2.90. The van der Waals surface area contributed by atoms with Crippen molar-refractivity contribution in [1.82, 2.24) is 0 Å². The van der Waals surface area contributed by atoms with Gasteiger partial charge in [0, 0.05) is 17.5 Å². The van der Waals surface area contributed by atoms with Crippen molar-refractivity contribution in [2.24, 2.45) is 0 Å². The van der Waals surface area contributed by atoms with Crippen LogP contribution in [0.3, 0.4) is 0 Å². The van der Waals surface area contributed by atoms with Crippen LogP contribution in [0.1, 0.15) is 20.7 Å². The number of benzene rings is 3. The number of thioether (sulfide) groups is 1. The summed E-state index contributed by atoms with van der Waals surface area (Å²) in [6.07, 6.45) is 1.91. The largest absolute Gasteiger partial charge is 0.465 e. The molecule has 0 atom stereocenters. The Bertz CT molecular complexity index is 1280. The standard InChI is InChI=1S/C23H21ClN2O5S2/c1-26(33(29,30)19-11-9-18(32-3)10-12-19)17-7-4-15(5-8-17)22(27)25-21-14-16(23(28)31-2)6-13-20(21)24/h4-14H,1-3H3,(H,25,27). The molecule has 3 aromatic rings. The van der Waals surface area contributed by atoms with Crippen molar-refractivity contribution in [3.8, 4) is 0 Å². The number of halogens is 1. The van der Waals surface area contributed by atoms with Gasteiger partial charge in [-0.3, -0.25) is 9.10 Å². The molecule has 172 valence electrons. The fourth-order valence-corrected chi connectivity index (χ4v) is 4.70. The van der Waals surface area contributed by atoms with Crippen LogP contribution in [0.2, 0.25) is 5.02 Å². The van der Waals surface area contributed by atoms with Crippen LogP contribution in [-0.2, 0) is 14.8 Å². The molecule has 0 saturated carbocycles. The summed E-state index contributed by atoms with van der Waals surface area (Å²) in [5.74, 6) is -1.03. The maximum Gasteiger partial charge on any atom is 0.337 e. The maximum atomic E-state index is 12.9. The number of amides is 1. The Kier molecular flexibility index (Phi) is 7.68. The van der Waals surface area contributed by atoms with E-state index in [2.05, 4.69) is 10.1 Å². The molecule has 7 nitrogen and oxygen atoms in total. The lowest BCUT2D eigenvalue weighted by Gasteiger charge is -2.20. The van der Waals surface area contributed by atoms with Gasteiger partial charge in [-0.15, -0.1) is 11.8 Å². The van der Waals surface area contributed by atoms with Crippen LogP contribution in [-0.4, -0.2) is 40.7 Å². The van der Waals surface area contributed by atoms with Crippen molar-refractivity contribution in [3.63, 3.8) is 0 Å². The molecule has 0 heterocycles. The molecule has 1 amide bonds.